The van der Waals surface area contributed by atoms with Crippen LogP contribution in [0.15, 0.2) is 24.3 Å². The molecule has 2 bridgehead atoms. The zero-order valence-electron chi connectivity index (χ0n) is 17.4. The highest BCUT2D eigenvalue weighted by Crippen LogP contribution is 2.65. The summed E-state index contributed by atoms with van der Waals surface area (Å²) < 4.78 is 23.6. The summed E-state index contributed by atoms with van der Waals surface area (Å²) in [5.74, 6) is 2.01. The van der Waals surface area contributed by atoms with Gasteiger partial charge in [0.05, 0.1) is 25.4 Å². The second-order valence-electron chi connectivity index (χ2n) is 9.19. The first-order valence-corrected chi connectivity index (χ1v) is 10.1. The fourth-order valence-electron chi connectivity index (χ4n) is 5.35. The summed E-state index contributed by atoms with van der Waals surface area (Å²) in [5, 5.41) is 0. The van der Waals surface area contributed by atoms with Gasteiger partial charge in [-0.3, -0.25) is 0 Å². The fraction of sp³-hybridized carbons (Fsp3) is 0.714. The van der Waals surface area contributed by atoms with E-state index in [1.165, 1.54) is 6.42 Å². The lowest BCUT2D eigenvalue weighted by Gasteiger charge is -2.64. The molecule has 4 fully saturated rings. The lowest BCUT2D eigenvalue weighted by atomic mass is 9.43. The molecule has 2 N–H and O–H groups in total. The largest absolute Gasteiger partial charge is 0.497 e. The third-order valence-corrected chi connectivity index (χ3v) is 7.34. The highest BCUT2D eigenvalue weighted by Gasteiger charge is 2.68. The summed E-state index contributed by atoms with van der Waals surface area (Å²) in [6, 6.07) is 7.92. The van der Waals surface area contributed by atoms with Crippen molar-refractivity contribution in [1.82, 2.24) is 0 Å². The fourth-order valence-corrected chi connectivity index (χ4v) is 5.35. The van der Waals surface area contributed by atoms with E-state index in [1.54, 1.807) is 7.11 Å². The molecule has 1 aromatic carbocycles. The van der Waals surface area contributed by atoms with Gasteiger partial charge in [-0.2, -0.15) is 0 Å². The van der Waals surface area contributed by atoms with E-state index in [4.69, 9.17) is 24.5 Å². The quantitative estimate of drug-likeness (QED) is 0.550. The monoisotopic (exact) mass is 409 g/mol. The van der Waals surface area contributed by atoms with Crippen molar-refractivity contribution < 1.29 is 18.8 Å². The number of hydrogen-bond acceptors (Lipinski definition) is 5. The number of benzene rings is 1. The van der Waals surface area contributed by atoms with Crippen molar-refractivity contribution in [1.29, 1.82) is 0 Å². The second-order valence-corrected chi connectivity index (χ2v) is 9.19. The molecule has 0 radical (unpaired) electrons. The van der Waals surface area contributed by atoms with Crippen molar-refractivity contribution in [3.63, 3.8) is 0 Å². The molecule has 3 saturated carbocycles. The molecule has 4 aliphatic rings. The molecule has 5 nitrogen and oxygen atoms in total. The highest BCUT2D eigenvalue weighted by atomic mass is 35.5. The van der Waals surface area contributed by atoms with Gasteiger partial charge in [-0.15, -0.1) is 12.4 Å². The van der Waals surface area contributed by atoms with Crippen LogP contribution >= 0.6 is 12.4 Å². The van der Waals surface area contributed by atoms with E-state index in [0.29, 0.717) is 24.5 Å². The van der Waals surface area contributed by atoms with Gasteiger partial charge in [0.2, 0.25) is 0 Å². The first-order valence-electron chi connectivity index (χ1n) is 10.1. The van der Waals surface area contributed by atoms with Gasteiger partial charge >= 0.3 is 7.12 Å². The summed E-state index contributed by atoms with van der Waals surface area (Å²) >= 11 is 0. The number of rotatable bonds is 7. The molecule has 1 unspecified atom stereocenters. The Bertz CT molecular complexity index is 673. The zero-order valence-corrected chi connectivity index (χ0v) is 18.2. The van der Waals surface area contributed by atoms with Crippen molar-refractivity contribution in [3.05, 3.63) is 29.8 Å². The number of nitrogens with two attached hydrogens (primary N) is 1. The summed E-state index contributed by atoms with van der Waals surface area (Å²) in [6.07, 6.45) is 3.26. The minimum Gasteiger partial charge on any atom is -0.497 e. The molecule has 3 aliphatic carbocycles. The van der Waals surface area contributed by atoms with Crippen LogP contribution in [0.2, 0.25) is 0 Å². The van der Waals surface area contributed by atoms with Crippen molar-refractivity contribution >= 4 is 19.5 Å². The Balaban J connectivity index is 0.00000225. The number of methoxy groups -OCH3 is 1. The predicted molar refractivity (Wildman–Crippen MR) is 113 cm³/mol. The molecule has 1 saturated heterocycles. The summed E-state index contributed by atoms with van der Waals surface area (Å²) in [7, 11) is 1.35. The maximum Gasteiger partial charge on any atom is 0.475 e. The van der Waals surface area contributed by atoms with E-state index in [2.05, 4.69) is 20.8 Å². The van der Waals surface area contributed by atoms with Crippen molar-refractivity contribution in [3.8, 4) is 5.75 Å². The van der Waals surface area contributed by atoms with Gasteiger partial charge in [-0.1, -0.05) is 26.0 Å². The zero-order chi connectivity index (χ0) is 19.2. The number of hydrogen-bond donors (Lipinski definition) is 1. The lowest BCUT2D eigenvalue weighted by Crippen LogP contribution is -2.65. The molecule has 1 heterocycles. The molecule has 28 heavy (non-hydrogen) atoms. The topological polar surface area (TPSA) is 62.9 Å². The molecule has 0 amide bonds. The maximum absolute atomic E-state index is 6.42. The smallest absolute Gasteiger partial charge is 0.475 e. The Morgan fingerprint density at radius 1 is 1.21 bits per heavy atom. The van der Waals surface area contributed by atoms with Gasteiger partial charge in [0.25, 0.3) is 0 Å². The Hall–Kier alpha value is -0.785. The SMILES string of the molecule is COc1ccc(COCCC(N)B2O[C@@H]3C[C@@H]4C[C@@H](C4(C)C)[C@]3(C)O2)cc1.Cl. The summed E-state index contributed by atoms with van der Waals surface area (Å²) in [4.78, 5) is 0. The molecule has 1 aromatic rings. The van der Waals surface area contributed by atoms with Gasteiger partial charge < -0.3 is 24.5 Å². The normalized spacial score (nSPS) is 33.5. The van der Waals surface area contributed by atoms with Crippen LogP contribution in [0.1, 0.15) is 45.6 Å². The summed E-state index contributed by atoms with van der Waals surface area (Å²) in [6.45, 7) is 8.14. The average molecular weight is 410 g/mol. The molecular formula is C21H33BClNO4. The van der Waals surface area contributed by atoms with Crippen molar-refractivity contribution in [2.45, 2.75) is 64.3 Å². The van der Waals surface area contributed by atoms with Gasteiger partial charge in [0, 0.05) is 12.5 Å². The number of ether oxygens (including phenoxy) is 2. The first-order chi connectivity index (χ1) is 12.8. The molecule has 7 heteroatoms. The van der Waals surface area contributed by atoms with Gasteiger partial charge in [0.1, 0.15) is 5.75 Å². The van der Waals surface area contributed by atoms with Crippen LogP contribution in [0.3, 0.4) is 0 Å². The maximum atomic E-state index is 6.42. The molecule has 0 aromatic heterocycles. The van der Waals surface area contributed by atoms with Crippen LogP contribution in [0.4, 0.5) is 0 Å². The van der Waals surface area contributed by atoms with Crippen molar-refractivity contribution in [2.24, 2.45) is 23.0 Å². The van der Waals surface area contributed by atoms with Crippen LogP contribution in [0, 0.1) is 17.3 Å². The molecule has 156 valence electrons. The van der Waals surface area contributed by atoms with E-state index >= 15 is 0 Å². The van der Waals surface area contributed by atoms with E-state index < -0.39 is 0 Å². The first kappa shape index (κ1) is 21.9. The van der Waals surface area contributed by atoms with Gasteiger partial charge in [0.15, 0.2) is 0 Å². The lowest BCUT2D eigenvalue weighted by molar-refractivity contribution is -0.199. The Kier molecular flexibility index (Phi) is 6.38. The highest BCUT2D eigenvalue weighted by molar-refractivity contribution is 6.47. The summed E-state index contributed by atoms with van der Waals surface area (Å²) in [5.41, 5.74) is 7.68. The van der Waals surface area contributed by atoms with Crippen LogP contribution in [-0.4, -0.2) is 38.5 Å². The minimum absolute atomic E-state index is 0. The Morgan fingerprint density at radius 2 is 1.93 bits per heavy atom. The van der Waals surface area contributed by atoms with E-state index in [-0.39, 0.29) is 37.2 Å². The average Bonchev–Trinajstić information content (AvgIpc) is 3.02. The van der Waals surface area contributed by atoms with E-state index in [0.717, 1.165) is 30.1 Å². The van der Waals surface area contributed by atoms with Crippen LogP contribution < -0.4 is 10.5 Å². The molecular weight excluding hydrogens is 376 g/mol. The standard InChI is InChI=1S/C21H32BNO4.ClH/c1-20(2)15-11-17(20)21(3)18(12-15)26-22(27-21)19(23)9-10-25-13-14-5-7-16(24-4)8-6-14;/h5-8,15,17-19H,9-13,23H2,1-4H3;1H/t15-,17-,18+,19?,21-;/m0./s1. The van der Waals surface area contributed by atoms with Crippen molar-refractivity contribution in [2.75, 3.05) is 13.7 Å². The van der Waals surface area contributed by atoms with Crippen LogP contribution in [0.25, 0.3) is 0 Å². The van der Waals surface area contributed by atoms with E-state index in [1.807, 2.05) is 24.3 Å². The third-order valence-electron chi connectivity index (χ3n) is 7.34. The Morgan fingerprint density at radius 3 is 2.57 bits per heavy atom. The number of halogens is 1. The third kappa shape index (κ3) is 3.70. The van der Waals surface area contributed by atoms with Gasteiger partial charge in [-0.05, 0) is 61.1 Å². The minimum atomic E-state index is -0.320. The van der Waals surface area contributed by atoms with E-state index in [9.17, 15) is 0 Å². The van der Waals surface area contributed by atoms with Crippen LogP contribution in [-0.2, 0) is 20.7 Å². The van der Waals surface area contributed by atoms with Crippen LogP contribution in [0.5, 0.6) is 5.75 Å². The molecule has 5 rings (SSSR count). The second kappa shape index (κ2) is 8.15. The van der Waals surface area contributed by atoms with Gasteiger partial charge in [-0.25, -0.2) is 0 Å². The molecule has 5 atom stereocenters. The predicted octanol–water partition coefficient (Wildman–Crippen LogP) is 3.62. The molecule has 1 aliphatic heterocycles. The Labute approximate surface area is 175 Å². The molecule has 0 spiro atoms.